The van der Waals surface area contributed by atoms with Crippen LogP contribution < -0.4 is 5.32 Å². The van der Waals surface area contributed by atoms with Gasteiger partial charge in [0.2, 0.25) is 5.91 Å². The van der Waals surface area contributed by atoms with Crippen LogP contribution in [0.4, 0.5) is 5.69 Å². The highest BCUT2D eigenvalue weighted by atomic mass is 32.2. The third-order valence-electron chi connectivity index (χ3n) is 5.35. The Balaban J connectivity index is 1.71. The van der Waals surface area contributed by atoms with Crippen LogP contribution in [0.3, 0.4) is 0 Å². The van der Waals surface area contributed by atoms with Crippen LogP contribution >= 0.6 is 11.8 Å². The van der Waals surface area contributed by atoms with Gasteiger partial charge in [-0.15, -0.1) is 0 Å². The van der Waals surface area contributed by atoms with Crippen LogP contribution in [0.5, 0.6) is 0 Å². The number of carbonyl (C=O) groups excluding carboxylic acids is 1. The molecule has 1 atom stereocenters. The fourth-order valence-electron chi connectivity index (χ4n) is 3.62. The quantitative estimate of drug-likeness (QED) is 0.350. The van der Waals surface area contributed by atoms with Crippen molar-refractivity contribution in [1.82, 2.24) is 9.55 Å². The summed E-state index contributed by atoms with van der Waals surface area (Å²) in [6.07, 6.45) is 0. The van der Waals surface area contributed by atoms with Gasteiger partial charge in [0.25, 0.3) is 0 Å². The molecule has 32 heavy (non-hydrogen) atoms. The number of thioether (sulfide) groups is 1. The normalized spacial score (nSPS) is 12.1. The Hall–Kier alpha value is -3.09. The minimum Gasteiger partial charge on any atom is -0.383 e. The maximum atomic E-state index is 13.5. The summed E-state index contributed by atoms with van der Waals surface area (Å²) >= 11 is 1.47. The lowest BCUT2D eigenvalue weighted by Gasteiger charge is -2.18. The molecule has 1 heterocycles. The zero-order valence-corrected chi connectivity index (χ0v) is 19.4. The molecule has 1 aromatic heterocycles. The summed E-state index contributed by atoms with van der Waals surface area (Å²) in [7, 11) is 1.69. The van der Waals surface area contributed by atoms with Crippen molar-refractivity contribution >= 4 is 34.4 Å². The number of methoxy groups -OCH3 is 1. The van der Waals surface area contributed by atoms with Crippen molar-refractivity contribution in [3.63, 3.8) is 0 Å². The van der Waals surface area contributed by atoms with E-state index in [1.165, 1.54) is 11.8 Å². The lowest BCUT2D eigenvalue weighted by Crippen LogP contribution is -2.20. The third kappa shape index (κ3) is 4.87. The van der Waals surface area contributed by atoms with Crippen LogP contribution in [0, 0.1) is 13.8 Å². The Bertz CT molecular complexity index is 1220. The second kappa shape index (κ2) is 10.0. The number of ether oxygens (including phenoxy) is 1. The molecule has 1 N–H and O–H groups in total. The molecule has 6 heteroatoms. The molecule has 1 amide bonds. The summed E-state index contributed by atoms with van der Waals surface area (Å²) < 4.78 is 7.45. The highest BCUT2D eigenvalue weighted by molar-refractivity contribution is 8.00. The van der Waals surface area contributed by atoms with Gasteiger partial charge in [-0.05, 0) is 48.7 Å². The van der Waals surface area contributed by atoms with Crippen molar-refractivity contribution in [2.75, 3.05) is 19.0 Å². The summed E-state index contributed by atoms with van der Waals surface area (Å²) in [5.41, 5.74) is 5.86. The first-order chi connectivity index (χ1) is 15.6. The number of amides is 1. The molecular weight excluding hydrogens is 418 g/mol. The number of benzene rings is 3. The molecule has 0 saturated carbocycles. The van der Waals surface area contributed by atoms with Gasteiger partial charge in [-0.25, -0.2) is 4.98 Å². The molecule has 0 aliphatic heterocycles. The molecule has 0 spiro atoms. The maximum absolute atomic E-state index is 13.5. The molecule has 3 aromatic carbocycles. The fraction of sp³-hybridized carbons (Fsp3) is 0.231. The van der Waals surface area contributed by atoms with Crippen LogP contribution in [0.2, 0.25) is 0 Å². The van der Waals surface area contributed by atoms with Gasteiger partial charge in [0, 0.05) is 19.3 Å². The number of carbonyl (C=O) groups is 1. The average molecular weight is 446 g/mol. The number of fused-ring (bicyclic) bond motifs is 1. The summed E-state index contributed by atoms with van der Waals surface area (Å²) in [4.78, 5) is 18.4. The number of hydrogen-bond acceptors (Lipinski definition) is 4. The number of nitrogens with zero attached hydrogens (tertiary/aromatic N) is 2. The highest BCUT2D eigenvalue weighted by Gasteiger charge is 2.25. The molecule has 0 bridgehead atoms. The fourth-order valence-corrected chi connectivity index (χ4v) is 4.75. The second-order valence-corrected chi connectivity index (χ2v) is 8.82. The number of aryl methyl sites for hydroxylation is 2. The van der Waals surface area contributed by atoms with Gasteiger partial charge in [-0.1, -0.05) is 66.4 Å². The van der Waals surface area contributed by atoms with Crippen molar-refractivity contribution in [3.8, 4) is 0 Å². The summed E-state index contributed by atoms with van der Waals surface area (Å²) in [6, 6.07) is 24.0. The minimum atomic E-state index is -0.450. The molecule has 4 aromatic rings. The van der Waals surface area contributed by atoms with E-state index in [1.807, 2.05) is 80.6 Å². The minimum absolute atomic E-state index is 0.0692. The standard InChI is InChI=1S/C26H27N3O2S/c1-18-13-14-19(2)22(17-18)27-25(30)24(20-9-5-4-6-10-20)32-26-28-21-11-7-8-12-23(21)29(26)15-16-31-3/h4-14,17,24H,15-16H2,1-3H3,(H,27,30)/t24-/m1/s1. The Morgan fingerprint density at radius 3 is 2.59 bits per heavy atom. The number of anilines is 1. The first-order valence-electron chi connectivity index (χ1n) is 10.6. The number of imidazole rings is 1. The van der Waals surface area contributed by atoms with E-state index in [2.05, 4.69) is 16.0 Å². The predicted octanol–water partition coefficient (Wildman–Crippen LogP) is 5.77. The van der Waals surface area contributed by atoms with Crippen LogP contribution in [0.1, 0.15) is 21.9 Å². The van der Waals surface area contributed by atoms with E-state index in [4.69, 9.17) is 9.72 Å². The molecule has 4 rings (SSSR count). The van der Waals surface area contributed by atoms with Crippen molar-refractivity contribution in [3.05, 3.63) is 89.5 Å². The van der Waals surface area contributed by atoms with E-state index in [-0.39, 0.29) is 5.91 Å². The van der Waals surface area contributed by atoms with Crippen LogP contribution in [0.25, 0.3) is 11.0 Å². The van der Waals surface area contributed by atoms with Crippen LogP contribution in [-0.2, 0) is 16.1 Å². The number of nitrogens with one attached hydrogen (secondary N) is 1. The van der Waals surface area contributed by atoms with E-state index >= 15 is 0 Å². The first kappa shape index (κ1) is 22.1. The molecule has 0 fully saturated rings. The molecule has 164 valence electrons. The van der Waals surface area contributed by atoms with Gasteiger partial charge in [0.15, 0.2) is 5.16 Å². The largest absolute Gasteiger partial charge is 0.383 e. The molecule has 0 saturated heterocycles. The SMILES string of the molecule is COCCn1c(S[C@@H](C(=O)Nc2cc(C)ccc2C)c2ccccc2)nc2ccccc21. The van der Waals surface area contributed by atoms with E-state index in [9.17, 15) is 4.79 Å². The van der Waals surface area contributed by atoms with E-state index in [0.29, 0.717) is 13.2 Å². The van der Waals surface area contributed by atoms with E-state index < -0.39 is 5.25 Å². The van der Waals surface area contributed by atoms with Crippen LogP contribution in [0.15, 0.2) is 78.0 Å². The van der Waals surface area contributed by atoms with Gasteiger partial charge in [-0.3, -0.25) is 4.79 Å². The number of rotatable bonds is 8. The molecule has 0 aliphatic rings. The Labute approximate surface area is 192 Å². The Morgan fingerprint density at radius 2 is 1.81 bits per heavy atom. The van der Waals surface area contributed by atoms with Gasteiger partial charge >= 0.3 is 0 Å². The number of para-hydroxylation sites is 2. The zero-order chi connectivity index (χ0) is 22.5. The highest BCUT2D eigenvalue weighted by Crippen LogP contribution is 2.37. The Morgan fingerprint density at radius 1 is 1.06 bits per heavy atom. The third-order valence-corrected chi connectivity index (χ3v) is 6.60. The molecule has 0 unspecified atom stereocenters. The summed E-state index contributed by atoms with van der Waals surface area (Å²) in [6.45, 7) is 5.26. The lowest BCUT2D eigenvalue weighted by molar-refractivity contribution is -0.115. The monoisotopic (exact) mass is 445 g/mol. The van der Waals surface area contributed by atoms with E-state index in [1.54, 1.807) is 7.11 Å². The topological polar surface area (TPSA) is 56.1 Å². The van der Waals surface area contributed by atoms with Crippen molar-refractivity contribution in [2.45, 2.75) is 30.8 Å². The van der Waals surface area contributed by atoms with E-state index in [0.717, 1.165) is 38.6 Å². The van der Waals surface area contributed by atoms with Crippen molar-refractivity contribution in [1.29, 1.82) is 0 Å². The number of hydrogen-bond donors (Lipinski definition) is 1. The predicted molar refractivity (Wildman–Crippen MR) is 131 cm³/mol. The van der Waals surface area contributed by atoms with Crippen molar-refractivity contribution in [2.24, 2.45) is 0 Å². The van der Waals surface area contributed by atoms with Gasteiger partial charge < -0.3 is 14.6 Å². The summed E-state index contributed by atoms with van der Waals surface area (Å²) in [5.74, 6) is -0.0692. The lowest BCUT2D eigenvalue weighted by atomic mass is 10.1. The van der Waals surface area contributed by atoms with Gasteiger partial charge in [0.1, 0.15) is 5.25 Å². The molecular formula is C26H27N3O2S. The molecule has 5 nitrogen and oxygen atoms in total. The second-order valence-electron chi connectivity index (χ2n) is 7.74. The smallest absolute Gasteiger partial charge is 0.242 e. The average Bonchev–Trinajstić information content (AvgIpc) is 3.16. The summed E-state index contributed by atoms with van der Waals surface area (Å²) in [5, 5.41) is 3.49. The van der Waals surface area contributed by atoms with Gasteiger partial charge in [-0.2, -0.15) is 0 Å². The first-order valence-corrected chi connectivity index (χ1v) is 11.5. The molecule has 0 aliphatic carbocycles. The number of aromatic nitrogens is 2. The maximum Gasteiger partial charge on any atom is 0.242 e. The van der Waals surface area contributed by atoms with Crippen LogP contribution in [-0.4, -0.2) is 29.2 Å². The van der Waals surface area contributed by atoms with Crippen molar-refractivity contribution < 1.29 is 9.53 Å². The zero-order valence-electron chi connectivity index (χ0n) is 18.5. The Kier molecular flexibility index (Phi) is 6.93. The molecule has 0 radical (unpaired) electrons. The van der Waals surface area contributed by atoms with Gasteiger partial charge in [0.05, 0.1) is 17.6 Å².